The minimum Gasteiger partial charge on any atom is -0.496 e. The van der Waals surface area contributed by atoms with Gasteiger partial charge in [0.25, 0.3) is 14.6 Å². The fraction of sp³-hybridized carbons (Fsp3) is 0.105. The van der Waals surface area contributed by atoms with Crippen LogP contribution in [0.3, 0.4) is 0 Å². The molecule has 0 atom stereocenters. The largest absolute Gasteiger partial charge is 0.496 e. The molecule has 10 heteroatoms. The lowest BCUT2D eigenvalue weighted by Crippen LogP contribution is -2.13. The summed E-state index contributed by atoms with van der Waals surface area (Å²) in [6.07, 6.45) is 0. The molecule has 0 aliphatic heterocycles. The van der Waals surface area contributed by atoms with Crippen molar-refractivity contribution in [3.63, 3.8) is 0 Å². The van der Waals surface area contributed by atoms with Crippen LogP contribution < -0.4 is 10.3 Å². The predicted octanol–water partition coefficient (Wildman–Crippen LogP) is 3.02. The first-order valence-electron chi connectivity index (χ1n) is 8.48. The Morgan fingerprint density at radius 1 is 1.14 bits per heavy atom. The third kappa shape index (κ3) is 3.39. The van der Waals surface area contributed by atoms with Crippen LogP contribution in [0, 0.1) is 6.92 Å². The molecule has 0 aliphatic rings. The summed E-state index contributed by atoms with van der Waals surface area (Å²) < 4.78 is 30.0. The standard InChI is InChI=1S/C19H15ClN4O4S/c1-11-16-17(24(23-11)12-6-4-3-5-7-12)19(25)22-18(21-16)14-9-8-13(29(20,26)27)10-15(14)28-2/h3-10H,1-2H3,(H,21,22,25). The normalized spacial score (nSPS) is 11.7. The summed E-state index contributed by atoms with van der Waals surface area (Å²) >= 11 is 0. The van der Waals surface area contributed by atoms with Crippen molar-refractivity contribution >= 4 is 30.8 Å². The molecule has 4 aromatic rings. The van der Waals surface area contributed by atoms with Gasteiger partial charge >= 0.3 is 0 Å². The molecule has 2 heterocycles. The van der Waals surface area contributed by atoms with E-state index in [1.807, 2.05) is 30.3 Å². The van der Waals surface area contributed by atoms with Gasteiger partial charge in [-0.05, 0) is 31.2 Å². The smallest absolute Gasteiger partial charge is 0.277 e. The number of nitrogens with zero attached hydrogens (tertiary/aromatic N) is 3. The number of hydrogen-bond acceptors (Lipinski definition) is 6. The summed E-state index contributed by atoms with van der Waals surface area (Å²) in [7, 11) is 2.87. The summed E-state index contributed by atoms with van der Waals surface area (Å²) in [5, 5.41) is 4.45. The van der Waals surface area contributed by atoms with Crippen molar-refractivity contribution in [2.45, 2.75) is 11.8 Å². The third-order valence-electron chi connectivity index (χ3n) is 4.41. The van der Waals surface area contributed by atoms with E-state index < -0.39 is 9.05 Å². The number of nitrogens with one attached hydrogen (secondary N) is 1. The first-order valence-corrected chi connectivity index (χ1v) is 10.8. The van der Waals surface area contributed by atoms with E-state index in [1.54, 1.807) is 11.6 Å². The first kappa shape index (κ1) is 19.2. The molecular formula is C19H15ClN4O4S. The summed E-state index contributed by atoms with van der Waals surface area (Å²) in [6.45, 7) is 1.76. The molecule has 0 aliphatic carbocycles. The highest BCUT2D eigenvalue weighted by Gasteiger charge is 2.19. The second-order valence-corrected chi connectivity index (χ2v) is 8.81. The second kappa shape index (κ2) is 7.02. The Morgan fingerprint density at radius 3 is 2.52 bits per heavy atom. The van der Waals surface area contributed by atoms with E-state index >= 15 is 0 Å². The molecule has 148 valence electrons. The average molecular weight is 431 g/mol. The zero-order valence-electron chi connectivity index (χ0n) is 15.4. The minimum atomic E-state index is -3.92. The van der Waals surface area contributed by atoms with Crippen molar-refractivity contribution in [3.8, 4) is 22.8 Å². The maximum absolute atomic E-state index is 12.9. The molecule has 2 aromatic carbocycles. The molecule has 0 bridgehead atoms. The fourth-order valence-electron chi connectivity index (χ4n) is 3.07. The Bertz CT molecular complexity index is 1400. The van der Waals surface area contributed by atoms with Crippen molar-refractivity contribution < 1.29 is 13.2 Å². The van der Waals surface area contributed by atoms with Gasteiger partial charge in [-0.1, -0.05) is 18.2 Å². The van der Waals surface area contributed by atoms with Gasteiger partial charge in [0.1, 0.15) is 17.1 Å². The van der Waals surface area contributed by atoms with Crippen molar-refractivity contribution in [3.05, 3.63) is 64.6 Å². The summed E-state index contributed by atoms with van der Waals surface area (Å²) in [5.41, 5.74) is 2.10. The van der Waals surface area contributed by atoms with Crippen LogP contribution in [-0.4, -0.2) is 35.3 Å². The number of rotatable bonds is 4. The number of methoxy groups -OCH3 is 1. The van der Waals surface area contributed by atoms with Gasteiger partial charge in [-0.15, -0.1) is 0 Å². The molecule has 4 rings (SSSR count). The van der Waals surface area contributed by atoms with Crippen LogP contribution in [0.1, 0.15) is 5.69 Å². The van der Waals surface area contributed by atoms with Gasteiger partial charge in [0, 0.05) is 16.7 Å². The molecule has 29 heavy (non-hydrogen) atoms. The topological polar surface area (TPSA) is 107 Å². The number of H-pyrrole nitrogens is 1. The van der Waals surface area contributed by atoms with Gasteiger partial charge in [0.15, 0.2) is 5.52 Å². The van der Waals surface area contributed by atoms with E-state index in [0.717, 1.165) is 5.69 Å². The number of para-hydroxylation sites is 1. The van der Waals surface area contributed by atoms with Gasteiger partial charge in [0.05, 0.1) is 29.0 Å². The van der Waals surface area contributed by atoms with Crippen LogP contribution in [-0.2, 0) is 9.05 Å². The Labute approximate surface area is 170 Å². The van der Waals surface area contributed by atoms with Crippen molar-refractivity contribution in [2.24, 2.45) is 0 Å². The van der Waals surface area contributed by atoms with Crippen molar-refractivity contribution in [1.82, 2.24) is 19.7 Å². The molecule has 2 aromatic heterocycles. The minimum absolute atomic E-state index is 0.115. The lowest BCUT2D eigenvalue weighted by atomic mass is 10.2. The Balaban J connectivity index is 1.94. The van der Waals surface area contributed by atoms with E-state index in [1.165, 1.54) is 25.3 Å². The number of ether oxygens (including phenoxy) is 1. The number of aromatic nitrogens is 4. The van der Waals surface area contributed by atoms with Crippen LogP contribution in [0.25, 0.3) is 28.1 Å². The lowest BCUT2D eigenvalue weighted by Gasteiger charge is -2.09. The van der Waals surface area contributed by atoms with Gasteiger partial charge < -0.3 is 9.72 Å². The molecule has 8 nitrogen and oxygen atoms in total. The van der Waals surface area contributed by atoms with E-state index in [4.69, 9.17) is 15.4 Å². The zero-order valence-corrected chi connectivity index (χ0v) is 17.0. The highest BCUT2D eigenvalue weighted by Crippen LogP contribution is 2.31. The number of aromatic amines is 1. The van der Waals surface area contributed by atoms with E-state index in [2.05, 4.69) is 15.1 Å². The van der Waals surface area contributed by atoms with Crippen molar-refractivity contribution in [1.29, 1.82) is 0 Å². The summed E-state index contributed by atoms with van der Waals surface area (Å²) in [6, 6.07) is 13.3. The molecule has 0 fully saturated rings. The van der Waals surface area contributed by atoms with Crippen LogP contribution in [0.2, 0.25) is 0 Å². The Kier molecular flexibility index (Phi) is 4.64. The Hall–Kier alpha value is -3.17. The summed E-state index contributed by atoms with van der Waals surface area (Å²) in [5.74, 6) is 0.441. The third-order valence-corrected chi connectivity index (χ3v) is 5.76. The number of fused-ring (bicyclic) bond motifs is 1. The SMILES string of the molecule is COc1cc(S(=O)(=O)Cl)ccc1-c1nc2c(C)nn(-c3ccccc3)c2c(=O)[nH]1. The molecule has 0 unspecified atom stereocenters. The predicted molar refractivity (Wildman–Crippen MR) is 109 cm³/mol. The second-order valence-electron chi connectivity index (χ2n) is 6.24. The highest BCUT2D eigenvalue weighted by atomic mass is 35.7. The molecular weight excluding hydrogens is 416 g/mol. The maximum atomic E-state index is 12.9. The van der Waals surface area contributed by atoms with Gasteiger partial charge in [-0.3, -0.25) is 4.79 Å². The monoisotopic (exact) mass is 430 g/mol. The van der Waals surface area contributed by atoms with E-state index in [9.17, 15) is 13.2 Å². The molecule has 1 N–H and O–H groups in total. The average Bonchev–Trinajstić information content (AvgIpc) is 3.04. The summed E-state index contributed by atoms with van der Waals surface area (Å²) in [4.78, 5) is 20.1. The van der Waals surface area contributed by atoms with Crippen LogP contribution in [0.15, 0.2) is 58.2 Å². The van der Waals surface area contributed by atoms with E-state index in [0.29, 0.717) is 22.3 Å². The number of hydrogen-bond donors (Lipinski definition) is 1. The molecule has 0 spiro atoms. The zero-order chi connectivity index (χ0) is 20.8. The van der Waals surface area contributed by atoms with Gasteiger partial charge in [-0.25, -0.2) is 18.1 Å². The van der Waals surface area contributed by atoms with Crippen LogP contribution >= 0.6 is 10.7 Å². The molecule has 0 radical (unpaired) electrons. The Morgan fingerprint density at radius 2 is 1.86 bits per heavy atom. The van der Waals surface area contributed by atoms with Gasteiger partial charge in [0.2, 0.25) is 0 Å². The number of aryl methyl sites for hydroxylation is 1. The molecule has 0 amide bonds. The lowest BCUT2D eigenvalue weighted by molar-refractivity contribution is 0.415. The van der Waals surface area contributed by atoms with Crippen LogP contribution in [0.4, 0.5) is 0 Å². The van der Waals surface area contributed by atoms with Crippen molar-refractivity contribution in [2.75, 3.05) is 7.11 Å². The van der Waals surface area contributed by atoms with Crippen LogP contribution in [0.5, 0.6) is 5.75 Å². The highest BCUT2D eigenvalue weighted by molar-refractivity contribution is 8.13. The molecule has 0 saturated heterocycles. The first-order chi connectivity index (χ1) is 13.8. The van der Waals surface area contributed by atoms with Gasteiger partial charge in [-0.2, -0.15) is 5.10 Å². The maximum Gasteiger partial charge on any atom is 0.277 e. The number of halogens is 1. The van der Waals surface area contributed by atoms with E-state index in [-0.39, 0.29) is 22.0 Å². The fourth-order valence-corrected chi connectivity index (χ4v) is 3.83. The molecule has 0 saturated carbocycles. The number of benzene rings is 2. The quantitative estimate of drug-likeness (QED) is 0.499.